The average Bonchev–Trinajstić information content (AvgIpc) is 3.08. The second-order valence-corrected chi connectivity index (χ2v) is 5.32. The van der Waals surface area contributed by atoms with E-state index in [0.717, 1.165) is 5.56 Å². The Labute approximate surface area is 133 Å². The van der Waals surface area contributed by atoms with Crippen molar-refractivity contribution in [2.45, 2.75) is 19.8 Å². The maximum atomic E-state index is 10.4. The van der Waals surface area contributed by atoms with E-state index in [4.69, 9.17) is 4.74 Å². The Kier molecular flexibility index (Phi) is 3.92. The molecule has 3 heterocycles. The van der Waals surface area contributed by atoms with Crippen LogP contribution in [-0.2, 0) is 0 Å². The summed E-state index contributed by atoms with van der Waals surface area (Å²) >= 11 is 0. The van der Waals surface area contributed by atoms with Gasteiger partial charge in [-0.1, -0.05) is 13.8 Å². The number of methoxy groups -OCH3 is 1. The summed E-state index contributed by atoms with van der Waals surface area (Å²) in [5.41, 5.74) is 2.11. The van der Waals surface area contributed by atoms with Crippen molar-refractivity contribution in [1.82, 2.24) is 24.5 Å². The molecule has 0 atom stereocenters. The highest BCUT2D eigenvalue weighted by Gasteiger charge is 2.19. The smallest absolute Gasteiger partial charge is 0.238 e. The van der Waals surface area contributed by atoms with Gasteiger partial charge in [-0.15, -0.1) is 0 Å². The van der Waals surface area contributed by atoms with Gasteiger partial charge in [-0.25, -0.2) is 15.0 Å². The topological polar surface area (TPSA) is 86.0 Å². The van der Waals surface area contributed by atoms with Crippen molar-refractivity contribution in [2.24, 2.45) is 0 Å². The summed E-state index contributed by atoms with van der Waals surface area (Å²) in [6.45, 7) is 3.96. The van der Waals surface area contributed by atoms with Gasteiger partial charge in [0.2, 0.25) is 17.7 Å². The minimum absolute atomic E-state index is 0.0375. The quantitative estimate of drug-likeness (QED) is 0.797. The summed E-state index contributed by atoms with van der Waals surface area (Å²) in [5, 5.41) is 10.4. The minimum atomic E-state index is -0.0375. The fourth-order valence-electron chi connectivity index (χ4n) is 2.33. The number of nitrogens with zero attached hydrogens (tertiary/aromatic N) is 5. The Balaban J connectivity index is 2.18. The van der Waals surface area contributed by atoms with Crippen LogP contribution in [0.4, 0.5) is 0 Å². The lowest BCUT2D eigenvalue weighted by molar-refractivity contribution is 0.398. The second kappa shape index (κ2) is 6.04. The molecule has 0 aliphatic rings. The summed E-state index contributed by atoms with van der Waals surface area (Å²) in [5.74, 6) is 0.900. The van der Waals surface area contributed by atoms with Gasteiger partial charge in [0.15, 0.2) is 0 Å². The van der Waals surface area contributed by atoms with Crippen LogP contribution in [0.25, 0.3) is 17.2 Å². The van der Waals surface area contributed by atoms with E-state index >= 15 is 0 Å². The fraction of sp³-hybridized carbons (Fsp3) is 0.250. The zero-order valence-electron chi connectivity index (χ0n) is 13.1. The molecule has 3 aromatic heterocycles. The van der Waals surface area contributed by atoms with E-state index in [-0.39, 0.29) is 11.8 Å². The van der Waals surface area contributed by atoms with E-state index < -0.39 is 0 Å². The molecule has 118 valence electrons. The van der Waals surface area contributed by atoms with E-state index in [2.05, 4.69) is 19.9 Å². The molecule has 3 rings (SSSR count). The van der Waals surface area contributed by atoms with Crippen LogP contribution < -0.4 is 4.74 Å². The van der Waals surface area contributed by atoms with Crippen molar-refractivity contribution in [3.63, 3.8) is 0 Å². The lowest BCUT2D eigenvalue weighted by Gasteiger charge is -2.15. The van der Waals surface area contributed by atoms with Crippen molar-refractivity contribution < 1.29 is 9.84 Å². The predicted molar refractivity (Wildman–Crippen MR) is 84.7 cm³/mol. The summed E-state index contributed by atoms with van der Waals surface area (Å²) in [6, 6.07) is 3.62. The molecule has 0 aliphatic carbocycles. The highest BCUT2D eigenvalue weighted by atomic mass is 16.5. The Morgan fingerprint density at radius 2 is 2.04 bits per heavy atom. The molecule has 0 amide bonds. The third-order valence-corrected chi connectivity index (χ3v) is 3.45. The Morgan fingerprint density at radius 1 is 1.22 bits per heavy atom. The summed E-state index contributed by atoms with van der Waals surface area (Å²) < 4.78 is 6.73. The van der Waals surface area contributed by atoms with E-state index in [1.807, 2.05) is 19.9 Å². The Morgan fingerprint density at radius 3 is 2.61 bits per heavy atom. The van der Waals surface area contributed by atoms with Crippen LogP contribution in [0.1, 0.15) is 25.3 Å². The Hall–Kier alpha value is -2.96. The standard InChI is InChI=1S/C16H17N5O2/c1-10(2)13-14(11-4-5-12(23-3)18-8-11)19-16(20-15(13)22)21-7-6-17-9-21/h4-10H,1-3H3,(H,19,20,22). The molecule has 0 aliphatic heterocycles. The number of aromatic nitrogens is 5. The minimum Gasteiger partial charge on any atom is -0.493 e. The van der Waals surface area contributed by atoms with Gasteiger partial charge in [-0.05, 0) is 12.0 Å². The zero-order valence-corrected chi connectivity index (χ0v) is 13.1. The molecule has 0 bridgehead atoms. The molecule has 0 saturated heterocycles. The van der Waals surface area contributed by atoms with Crippen LogP contribution in [0.5, 0.6) is 11.8 Å². The second-order valence-electron chi connectivity index (χ2n) is 5.32. The van der Waals surface area contributed by atoms with Gasteiger partial charge in [0.05, 0.1) is 12.8 Å². The van der Waals surface area contributed by atoms with Crippen molar-refractivity contribution in [3.05, 3.63) is 42.6 Å². The first kappa shape index (κ1) is 15.0. The maximum absolute atomic E-state index is 10.4. The molecular weight excluding hydrogens is 294 g/mol. The SMILES string of the molecule is COc1ccc(-c2nc(-n3ccnc3)nc(O)c2C(C)C)cn1. The van der Waals surface area contributed by atoms with Gasteiger partial charge in [-0.2, -0.15) is 4.98 Å². The molecule has 0 spiro atoms. The lowest BCUT2D eigenvalue weighted by atomic mass is 9.99. The molecular formula is C16H17N5O2. The summed E-state index contributed by atoms with van der Waals surface area (Å²) in [4.78, 5) is 17.0. The predicted octanol–water partition coefficient (Wildman–Crippen LogP) is 2.56. The van der Waals surface area contributed by atoms with E-state index in [1.165, 1.54) is 0 Å². The highest BCUT2D eigenvalue weighted by Crippen LogP contribution is 2.33. The van der Waals surface area contributed by atoms with Crippen molar-refractivity contribution in [2.75, 3.05) is 7.11 Å². The number of hydrogen-bond donors (Lipinski definition) is 1. The van der Waals surface area contributed by atoms with Crippen LogP contribution in [0.2, 0.25) is 0 Å². The number of aromatic hydroxyl groups is 1. The number of hydrogen-bond acceptors (Lipinski definition) is 6. The molecule has 0 unspecified atom stereocenters. The third kappa shape index (κ3) is 2.85. The molecule has 0 saturated carbocycles. The number of rotatable bonds is 4. The molecule has 3 aromatic rings. The van der Waals surface area contributed by atoms with E-state index in [0.29, 0.717) is 23.1 Å². The first-order valence-electron chi connectivity index (χ1n) is 7.19. The van der Waals surface area contributed by atoms with Crippen molar-refractivity contribution >= 4 is 0 Å². The van der Waals surface area contributed by atoms with E-state index in [1.54, 1.807) is 42.7 Å². The summed E-state index contributed by atoms with van der Waals surface area (Å²) in [6.07, 6.45) is 6.61. The van der Waals surface area contributed by atoms with Crippen LogP contribution in [0.3, 0.4) is 0 Å². The zero-order chi connectivity index (χ0) is 16.4. The normalized spacial score (nSPS) is 11.0. The van der Waals surface area contributed by atoms with Crippen molar-refractivity contribution in [1.29, 1.82) is 0 Å². The first-order chi connectivity index (χ1) is 11.1. The highest BCUT2D eigenvalue weighted by molar-refractivity contribution is 5.66. The molecule has 1 N–H and O–H groups in total. The lowest BCUT2D eigenvalue weighted by Crippen LogP contribution is -2.05. The van der Waals surface area contributed by atoms with Gasteiger partial charge < -0.3 is 9.84 Å². The number of pyridine rings is 1. The van der Waals surface area contributed by atoms with Gasteiger partial charge in [0.1, 0.15) is 6.33 Å². The monoisotopic (exact) mass is 311 g/mol. The molecule has 23 heavy (non-hydrogen) atoms. The first-order valence-corrected chi connectivity index (χ1v) is 7.19. The third-order valence-electron chi connectivity index (χ3n) is 3.45. The van der Waals surface area contributed by atoms with Gasteiger partial charge in [0.25, 0.3) is 0 Å². The molecule has 7 heteroatoms. The van der Waals surface area contributed by atoms with Crippen LogP contribution in [0.15, 0.2) is 37.1 Å². The molecule has 0 radical (unpaired) electrons. The molecule has 0 fully saturated rings. The summed E-state index contributed by atoms with van der Waals surface area (Å²) in [7, 11) is 1.56. The van der Waals surface area contributed by atoms with Crippen LogP contribution in [-0.4, -0.2) is 36.7 Å². The van der Waals surface area contributed by atoms with E-state index in [9.17, 15) is 5.11 Å². The van der Waals surface area contributed by atoms with Gasteiger partial charge in [-0.3, -0.25) is 4.57 Å². The largest absolute Gasteiger partial charge is 0.493 e. The number of ether oxygens (including phenoxy) is 1. The van der Waals surface area contributed by atoms with Gasteiger partial charge in [0, 0.05) is 35.8 Å². The van der Waals surface area contributed by atoms with Crippen molar-refractivity contribution in [3.8, 4) is 29.0 Å². The van der Waals surface area contributed by atoms with Crippen LogP contribution in [0, 0.1) is 0 Å². The fourth-order valence-corrected chi connectivity index (χ4v) is 2.33. The average molecular weight is 311 g/mol. The van der Waals surface area contributed by atoms with Gasteiger partial charge >= 0.3 is 0 Å². The Bertz CT molecular complexity index is 798. The number of imidazole rings is 1. The maximum Gasteiger partial charge on any atom is 0.238 e. The van der Waals surface area contributed by atoms with Crippen LogP contribution >= 0.6 is 0 Å². The molecule has 0 aromatic carbocycles. The molecule has 7 nitrogen and oxygen atoms in total.